The second-order valence-electron chi connectivity index (χ2n) is 6.64. The number of hydrogen-bond donors (Lipinski definition) is 2. The Hall–Kier alpha value is -3.54. The summed E-state index contributed by atoms with van der Waals surface area (Å²) in [7, 11) is 0. The molecule has 6 nitrogen and oxygen atoms in total. The van der Waals surface area contributed by atoms with Crippen LogP contribution in [0.5, 0.6) is 11.5 Å². The van der Waals surface area contributed by atoms with E-state index in [1.807, 2.05) is 48.5 Å². The summed E-state index contributed by atoms with van der Waals surface area (Å²) in [5.74, 6) is 0.885. The second-order valence-corrected chi connectivity index (χ2v) is 6.64. The number of fused-ring (bicyclic) bond motifs is 2. The quantitative estimate of drug-likeness (QED) is 0.716. The van der Waals surface area contributed by atoms with Gasteiger partial charge in [-0.2, -0.15) is 0 Å². The van der Waals surface area contributed by atoms with Crippen LogP contribution < -0.4 is 15.4 Å². The lowest BCUT2D eigenvalue weighted by molar-refractivity contribution is -0.129. The third-order valence-electron chi connectivity index (χ3n) is 4.71. The first-order chi connectivity index (χ1) is 13.6. The van der Waals surface area contributed by atoms with Crippen LogP contribution in [-0.4, -0.2) is 17.9 Å². The average molecular weight is 376 g/mol. The van der Waals surface area contributed by atoms with Gasteiger partial charge in [-0.1, -0.05) is 36.4 Å². The highest BCUT2D eigenvalue weighted by Crippen LogP contribution is 2.43. The Bertz CT molecular complexity index is 952. The van der Waals surface area contributed by atoms with E-state index >= 15 is 0 Å². The summed E-state index contributed by atoms with van der Waals surface area (Å²) in [6.07, 6.45) is 1.55. The molecule has 0 bridgehead atoms. The van der Waals surface area contributed by atoms with Crippen LogP contribution in [-0.2, 0) is 16.1 Å². The van der Waals surface area contributed by atoms with Gasteiger partial charge in [-0.15, -0.1) is 0 Å². The second kappa shape index (κ2) is 7.60. The van der Waals surface area contributed by atoms with Crippen LogP contribution in [0, 0.1) is 0 Å². The number of furan rings is 1. The molecule has 3 aromatic rings. The lowest BCUT2D eigenvalue weighted by Crippen LogP contribution is -2.46. The molecule has 0 spiro atoms. The topological polar surface area (TPSA) is 80.6 Å². The Balaban J connectivity index is 1.50. The fourth-order valence-corrected chi connectivity index (χ4v) is 3.30. The van der Waals surface area contributed by atoms with Gasteiger partial charge in [0.15, 0.2) is 0 Å². The smallest absolute Gasteiger partial charge is 0.242 e. The van der Waals surface area contributed by atoms with Crippen LogP contribution in [0.3, 0.4) is 0 Å². The van der Waals surface area contributed by atoms with Crippen molar-refractivity contribution in [2.75, 3.05) is 0 Å². The zero-order chi connectivity index (χ0) is 19.5. The predicted octanol–water partition coefficient (Wildman–Crippen LogP) is 3.34. The lowest BCUT2D eigenvalue weighted by Gasteiger charge is -2.28. The summed E-state index contributed by atoms with van der Waals surface area (Å²) in [5, 5.41) is 5.58. The lowest BCUT2D eigenvalue weighted by atomic mass is 9.87. The molecule has 1 aliphatic heterocycles. The van der Waals surface area contributed by atoms with E-state index in [0.717, 1.165) is 11.1 Å². The summed E-state index contributed by atoms with van der Waals surface area (Å²) < 4.78 is 11.1. The van der Waals surface area contributed by atoms with Gasteiger partial charge in [0.25, 0.3) is 0 Å². The minimum atomic E-state index is -0.690. The highest BCUT2D eigenvalue weighted by Gasteiger charge is 2.33. The summed E-state index contributed by atoms with van der Waals surface area (Å²) in [5.41, 5.74) is 1.56. The number of ether oxygens (including phenoxy) is 1. The van der Waals surface area contributed by atoms with Gasteiger partial charge in [0.1, 0.15) is 23.3 Å². The maximum atomic E-state index is 13.1. The van der Waals surface area contributed by atoms with Gasteiger partial charge in [-0.25, -0.2) is 0 Å². The molecule has 4 rings (SSSR count). The maximum absolute atomic E-state index is 13.1. The molecule has 28 heavy (non-hydrogen) atoms. The first-order valence-corrected chi connectivity index (χ1v) is 9.09. The minimum Gasteiger partial charge on any atom is -0.467 e. The van der Waals surface area contributed by atoms with Crippen molar-refractivity contribution in [1.82, 2.24) is 10.6 Å². The summed E-state index contributed by atoms with van der Waals surface area (Å²) in [6, 6.07) is 17.7. The van der Waals surface area contributed by atoms with E-state index in [9.17, 15) is 9.59 Å². The highest BCUT2D eigenvalue weighted by molar-refractivity contribution is 5.93. The fraction of sp³-hybridized carbons (Fsp3) is 0.182. The number of para-hydroxylation sites is 2. The maximum Gasteiger partial charge on any atom is 0.242 e. The van der Waals surface area contributed by atoms with Crippen molar-refractivity contribution in [3.05, 3.63) is 83.8 Å². The van der Waals surface area contributed by atoms with Crippen molar-refractivity contribution >= 4 is 11.8 Å². The molecule has 0 aliphatic carbocycles. The molecule has 0 fully saturated rings. The molecule has 2 amide bonds. The number of hydrogen-bond acceptors (Lipinski definition) is 4. The zero-order valence-corrected chi connectivity index (χ0v) is 15.3. The molecule has 1 unspecified atom stereocenters. The van der Waals surface area contributed by atoms with E-state index < -0.39 is 12.0 Å². The molecule has 2 aromatic carbocycles. The van der Waals surface area contributed by atoms with Crippen LogP contribution in [0.15, 0.2) is 71.3 Å². The Morgan fingerprint density at radius 1 is 0.964 bits per heavy atom. The van der Waals surface area contributed by atoms with Gasteiger partial charge in [0, 0.05) is 11.1 Å². The molecular weight excluding hydrogens is 356 g/mol. The van der Waals surface area contributed by atoms with Crippen molar-refractivity contribution in [1.29, 1.82) is 0 Å². The molecule has 2 N–H and O–H groups in total. The Kier molecular flexibility index (Phi) is 4.85. The molecule has 2 heterocycles. The SMILES string of the molecule is CC(NC(=O)C1c2ccccc2Oc2ccccc21)C(=O)NCc1ccco1. The van der Waals surface area contributed by atoms with Crippen molar-refractivity contribution in [3.8, 4) is 11.5 Å². The molecule has 0 saturated carbocycles. The first-order valence-electron chi connectivity index (χ1n) is 9.09. The largest absolute Gasteiger partial charge is 0.467 e. The third-order valence-corrected chi connectivity index (χ3v) is 4.71. The van der Waals surface area contributed by atoms with Crippen LogP contribution in [0.2, 0.25) is 0 Å². The van der Waals surface area contributed by atoms with Crippen LogP contribution in [0.1, 0.15) is 29.7 Å². The number of rotatable bonds is 5. The number of carbonyl (C=O) groups is 2. The van der Waals surface area contributed by atoms with Gasteiger partial charge < -0.3 is 19.8 Å². The minimum absolute atomic E-state index is 0.246. The number of nitrogens with one attached hydrogen (secondary N) is 2. The third kappa shape index (κ3) is 3.49. The van der Waals surface area contributed by atoms with Crippen molar-refractivity contribution in [2.45, 2.75) is 25.4 Å². The Labute approximate surface area is 162 Å². The molecule has 6 heteroatoms. The van der Waals surface area contributed by atoms with Gasteiger partial charge in [0.2, 0.25) is 11.8 Å². The van der Waals surface area contributed by atoms with Crippen molar-refractivity contribution < 1.29 is 18.7 Å². The Morgan fingerprint density at radius 3 is 2.21 bits per heavy atom. The summed E-state index contributed by atoms with van der Waals surface area (Å²) in [6.45, 7) is 1.93. The first kappa shape index (κ1) is 17.9. The van der Waals surface area contributed by atoms with E-state index in [4.69, 9.17) is 9.15 Å². The number of amides is 2. The fourth-order valence-electron chi connectivity index (χ4n) is 3.30. The monoisotopic (exact) mass is 376 g/mol. The van der Waals surface area contributed by atoms with Crippen molar-refractivity contribution in [2.24, 2.45) is 0 Å². The molecule has 1 aliphatic rings. The summed E-state index contributed by atoms with van der Waals surface area (Å²) in [4.78, 5) is 25.5. The van der Waals surface area contributed by atoms with Gasteiger partial charge in [-0.05, 0) is 31.2 Å². The van der Waals surface area contributed by atoms with Gasteiger partial charge >= 0.3 is 0 Å². The zero-order valence-electron chi connectivity index (χ0n) is 15.3. The number of carbonyl (C=O) groups excluding carboxylic acids is 2. The molecule has 1 aromatic heterocycles. The van der Waals surface area contributed by atoms with Crippen molar-refractivity contribution in [3.63, 3.8) is 0 Å². The van der Waals surface area contributed by atoms with Crippen LogP contribution in [0.25, 0.3) is 0 Å². The van der Waals surface area contributed by atoms with E-state index in [1.165, 1.54) is 0 Å². The highest BCUT2D eigenvalue weighted by atomic mass is 16.5. The van der Waals surface area contributed by atoms with Crippen LogP contribution in [0.4, 0.5) is 0 Å². The van der Waals surface area contributed by atoms with E-state index in [-0.39, 0.29) is 18.4 Å². The molecule has 0 radical (unpaired) electrons. The predicted molar refractivity (Wildman–Crippen MR) is 103 cm³/mol. The summed E-state index contributed by atoms with van der Waals surface area (Å²) >= 11 is 0. The van der Waals surface area contributed by atoms with E-state index in [0.29, 0.717) is 17.3 Å². The van der Waals surface area contributed by atoms with Crippen LogP contribution >= 0.6 is 0 Å². The van der Waals surface area contributed by atoms with E-state index in [1.54, 1.807) is 25.3 Å². The number of benzene rings is 2. The van der Waals surface area contributed by atoms with E-state index in [2.05, 4.69) is 10.6 Å². The molecule has 1 atom stereocenters. The Morgan fingerprint density at radius 2 is 1.61 bits per heavy atom. The van der Waals surface area contributed by atoms with Gasteiger partial charge in [-0.3, -0.25) is 9.59 Å². The molecule has 0 saturated heterocycles. The normalized spacial score (nSPS) is 13.6. The standard InChI is InChI=1S/C22H20N2O4/c1-14(21(25)23-13-15-7-6-12-27-15)24-22(26)20-16-8-2-4-10-18(16)28-19-11-5-3-9-17(19)20/h2-12,14,20H,13H2,1H3,(H,23,25)(H,24,26). The average Bonchev–Trinajstić information content (AvgIpc) is 3.23. The molecule has 142 valence electrons. The van der Waals surface area contributed by atoms with Gasteiger partial charge in [0.05, 0.1) is 18.7 Å². The molecular formula is C22H20N2O4.